The maximum atomic E-state index is 13.0. The van der Waals surface area contributed by atoms with Crippen molar-refractivity contribution in [2.24, 2.45) is 0 Å². The number of nitrogens with zero attached hydrogens (tertiary/aromatic N) is 2. The van der Waals surface area contributed by atoms with Gasteiger partial charge >= 0.3 is 0 Å². The molecule has 1 aromatic carbocycles. The van der Waals surface area contributed by atoms with Crippen LogP contribution in [0.2, 0.25) is 0 Å². The van der Waals surface area contributed by atoms with E-state index in [9.17, 15) is 13.2 Å². The van der Waals surface area contributed by atoms with Gasteiger partial charge in [0.25, 0.3) is 0 Å². The minimum absolute atomic E-state index is 0.00714. The van der Waals surface area contributed by atoms with E-state index in [1.807, 2.05) is 22.9 Å². The molecule has 2 aliphatic heterocycles. The van der Waals surface area contributed by atoms with E-state index in [0.29, 0.717) is 37.5 Å². The Morgan fingerprint density at radius 2 is 1.90 bits per heavy atom. The van der Waals surface area contributed by atoms with Crippen molar-refractivity contribution in [3.05, 3.63) is 30.5 Å². The predicted molar refractivity (Wildman–Crippen MR) is 116 cm³/mol. The molecule has 1 aromatic heterocycles. The molecule has 3 heterocycles. The Morgan fingerprint density at radius 1 is 1.10 bits per heavy atom. The highest BCUT2D eigenvalue weighted by Gasteiger charge is 2.25. The fourth-order valence-corrected chi connectivity index (χ4v) is 5.86. The second kappa shape index (κ2) is 9.49. The van der Waals surface area contributed by atoms with E-state index in [-0.39, 0.29) is 12.0 Å². The van der Waals surface area contributed by atoms with Crippen LogP contribution in [-0.2, 0) is 26.1 Å². The molecular weight excluding hydrogens is 402 g/mol. The lowest BCUT2D eigenvalue weighted by Crippen LogP contribution is -2.32. The summed E-state index contributed by atoms with van der Waals surface area (Å²) in [5.41, 5.74) is 0.941. The van der Waals surface area contributed by atoms with Crippen LogP contribution in [-0.4, -0.2) is 55.5 Å². The summed E-state index contributed by atoms with van der Waals surface area (Å²) in [6.07, 6.45) is 8.54. The van der Waals surface area contributed by atoms with Crippen LogP contribution >= 0.6 is 0 Å². The van der Waals surface area contributed by atoms with Crippen LogP contribution in [0.15, 0.2) is 35.4 Å². The molecule has 4 rings (SSSR count). The van der Waals surface area contributed by atoms with Gasteiger partial charge in [0.05, 0.1) is 11.0 Å². The number of aryl methyl sites for hydroxylation is 1. The molecule has 1 atom stereocenters. The molecule has 2 aromatic rings. The molecule has 8 heteroatoms. The average molecular weight is 434 g/mol. The van der Waals surface area contributed by atoms with Crippen LogP contribution in [0.4, 0.5) is 0 Å². The lowest BCUT2D eigenvalue weighted by molar-refractivity contribution is -0.121. The fraction of sp³-hybridized carbons (Fsp3) is 0.591. The Hall–Kier alpha value is -1.90. The number of carbonyl (C=O) groups excluding carboxylic acids is 1. The summed E-state index contributed by atoms with van der Waals surface area (Å²) in [5, 5.41) is 3.82. The largest absolute Gasteiger partial charge is 0.376 e. The van der Waals surface area contributed by atoms with Gasteiger partial charge in [0.1, 0.15) is 0 Å². The Kier molecular flexibility index (Phi) is 6.75. The van der Waals surface area contributed by atoms with Crippen molar-refractivity contribution in [3.8, 4) is 0 Å². The third kappa shape index (κ3) is 4.87. The van der Waals surface area contributed by atoms with Gasteiger partial charge in [-0.25, -0.2) is 8.42 Å². The molecule has 7 nitrogen and oxygen atoms in total. The van der Waals surface area contributed by atoms with Crippen LogP contribution in [0.1, 0.15) is 44.9 Å². The van der Waals surface area contributed by atoms with Crippen molar-refractivity contribution in [1.82, 2.24) is 14.2 Å². The molecule has 0 spiro atoms. The summed E-state index contributed by atoms with van der Waals surface area (Å²) in [7, 11) is -3.46. The first-order valence-electron chi connectivity index (χ1n) is 11.0. The lowest BCUT2D eigenvalue weighted by Gasteiger charge is -2.20. The van der Waals surface area contributed by atoms with Gasteiger partial charge < -0.3 is 14.6 Å². The first-order chi connectivity index (χ1) is 14.5. The van der Waals surface area contributed by atoms with E-state index in [0.717, 1.165) is 56.0 Å². The van der Waals surface area contributed by atoms with E-state index in [1.165, 1.54) is 0 Å². The van der Waals surface area contributed by atoms with Crippen molar-refractivity contribution in [3.63, 3.8) is 0 Å². The van der Waals surface area contributed by atoms with E-state index < -0.39 is 10.0 Å². The van der Waals surface area contributed by atoms with E-state index in [1.54, 1.807) is 16.4 Å². The standard InChI is InChI=1S/C22H31N3O4S/c26-22(23-17-19-6-5-15-29-19)10-14-24-13-9-18-16-20(7-8-21(18)24)30(27,28)25-11-3-1-2-4-12-25/h7-9,13,16,19H,1-6,10-12,14-15,17H2,(H,23,26)/t19-/m1/s1. The minimum Gasteiger partial charge on any atom is -0.376 e. The molecule has 1 amide bonds. The number of aromatic nitrogens is 1. The third-order valence-corrected chi connectivity index (χ3v) is 7.97. The average Bonchev–Trinajstić information content (AvgIpc) is 3.32. The van der Waals surface area contributed by atoms with Gasteiger partial charge in [-0.3, -0.25) is 4.79 Å². The van der Waals surface area contributed by atoms with Crippen molar-refractivity contribution >= 4 is 26.8 Å². The number of fused-ring (bicyclic) bond motifs is 1. The first kappa shape index (κ1) is 21.3. The van der Waals surface area contributed by atoms with Gasteiger partial charge in [0, 0.05) is 56.3 Å². The number of hydrogen-bond donors (Lipinski definition) is 1. The number of ether oxygens (including phenoxy) is 1. The van der Waals surface area contributed by atoms with Gasteiger partial charge in [0.2, 0.25) is 15.9 Å². The van der Waals surface area contributed by atoms with Gasteiger partial charge in [-0.05, 0) is 49.9 Å². The molecule has 0 unspecified atom stereocenters. The second-order valence-electron chi connectivity index (χ2n) is 8.24. The van der Waals surface area contributed by atoms with Gasteiger partial charge in [-0.1, -0.05) is 12.8 Å². The maximum absolute atomic E-state index is 13.0. The van der Waals surface area contributed by atoms with E-state index in [2.05, 4.69) is 5.32 Å². The molecule has 2 saturated heterocycles. The molecule has 0 saturated carbocycles. The zero-order valence-corrected chi connectivity index (χ0v) is 18.2. The van der Waals surface area contributed by atoms with Crippen LogP contribution < -0.4 is 5.32 Å². The lowest BCUT2D eigenvalue weighted by atomic mass is 10.2. The van der Waals surface area contributed by atoms with Gasteiger partial charge in [-0.15, -0.1) is 0 Å². The first-order valence-corrected chi connectivity index (χ1v) is 12.5. The Labute approximate surface area is 178 Å². The Morgan fingerprint density at radius 3 is 2.63 bits per heavy atom. The van der Waals surface area contributed by atoms with Crippen LogP contribution in [0.5, 0.6) is 0 Å². The summed E-state index contributed by atoms with van der Waals surface area (Å²) in [5.74, 6) is 0.00714. The van der Waals surface area contributed by atoms with Gasteiger partial charge in [0.15, 0.2) is 0 Å². The van der Waals surface area contributed by atoms with Crippen LogP contribution in [0, 0.1) is 0 Å². The third-order valence-electron chi connectivity index (χ3n) is 6.08. The summed E-state index contributed by atoms with van der Waals surface area (Å²) in [6.45, 7) is 3.11. The number of sulfonamides is 1. The number of hydrogen-bond acceptors (Lipinski definition) is 4. The zero-order chi connectivity index (χ0) is 21.0. The topological polar surface area (TPSA) is 80.6 Å². The summed E-state index contributed by atoms with van der Waals surface area (Å²) in [4.78, 5) is 12.5. The minimum atomic E-state index is -3.46. The van der Waals surface area contributed by atoms with Crippen molar-refractivity contribution in [1.29, 1.82) is 0 Å². The molecular formula is C22H31N3O4S. The highest BCUT2D eigenvalue weighted by Crippen LogP contribution is 2.25. The van der Waals surface area contributed by atoms with E-state index in [4.69, 9.17) is 4.74 Å². The molecule has 0 aliphatic carbocycles. The highest BCUT2D eigenvalue weighted by molar-refractivity contribution is 7.89. The van der Waals surface area contributed by atoms with Crippen LogP contribution in [0.3, 0.4) is 0 Å². The number of carbonyl (C=O) groups is 1. The number of nitrogens with one attached hydrogen (secondary N) is 1. The summed E-state index contributed by atoms with van der Waals surface area (Å²) < 4.78 is 35.2. The zero-order valence-electron chi connectivity index (χ0n) is 17.4. The normalized spacial score (nSPS) is 21.0. The second-order valence-corrected chi connectivity index (χ2v) is 10.2. The van der Waals surface area contributed by atoms with Gasteiger partial charge in [-0.2, -0.15) is 4.31 Å². The van der Waals surface area contributed by atoms with Crippen molar-refractivity contribution < 1.29 is 17.9 Å². The summed E-state index contributed by atoms with van der Waals surface area (Å²) in [6, 6.07) is 7.21. The molecule has 0 bridgehead atoms. The molecule has 2 fully saturated rings. The molecule has 2 aliphatic rings. The highest BCUT2D eigenvalue weighted by atomic mass is 32.2. The summed E-state index contributed by atoms with van der Waals surface area (Å²) >= 11 is 0. The maximum Gasteiger partial charge on any atom is 0.243 e. The SMILES string of the molecule is O=C(CCn1ccc2cc(S(=O)(=O)N3CCCCCC3)ccc21)NC[C@H]1CCCO1. The van der Waals surface area contributed by atoms with E-state index >= 15 is 0 Å². The number of rotatable bonds is 7. The molecule has 164 valence electrons. The fourth-order valence-electron chi connectivity index (χ4n) is 4.31. The predicted octanol–water partition coefficient (Wildman–Crippen LogP) is 2.89. The monoisotopic (exact) mass is 433 g/mol. The number of benzene rings is 1. The number of amides is 1. The van der Waals surface area contributed by atoms with Crippen LogP contribution in [0.25, 0.3) is 10.9 Å². The Balaban J connectivity index is 1.40. The Bertz CT molecular complexity index is 971. The van der Waals surface area contributed by atoms with Crippen molar-refractivity contribution in [2.75, 3.05) is 26.2 Å². The molecule has 30 heavy (non-hydrogen) atoms. The molecule has 0 radical (unpaired) electrons. The smallest absolute Gasteiger partial charge is 0.243 e. The van der Waals surface area contributed by atoms with Crippen molar-refractivity contribution in [2.45, 2.75) is 62.5 Å². The quantitative estimate of drug-likeness (QED) is 0.728. The molecule has 1 N–H and O–H groups in total.